The average molecular weight is 291 g/mol. The van der Waals surface area contributed by atoms with Gasteiger partial charge >= 0.3 is 0 Å². The third-order valence-electron chi connectivity index (χ3n) is 3.00. The van der Waals surface area contributed by atoms with Crippen LogP contribution in [0.25, 0.3) is 0 Å². The molecule has 0 fully saturated rings. The summed E-state index contributed by atoms with van der Waals surface area (Å²) < 4.78 is 10.6. The Morgan fingerprint density at radius 3 is 2.67 bits per heavy atom. The predicted octanol–water partition coefficient (Wildman–Crippen LogP) is 2.33. The number of rotatable bonds is 7. The minimum absolute atomic E-state index is 0.635. The fourth-order valence-corrected chi connectivity index (χ4v) is 1.84. The van der Waals surface area contributed by atoms with E-state index in [1.807, 2.05) is 31.2 Å². The van der Waals surface area contributed by atoms with Crippen LogP contribution in [0.3, 0.4) is 0 Å². The molecule has 2 N–H and O–H groups in total. The first-order valence-corrected chi connectivity index (χ1v) is 7.01. The lowest BCUT2D eigenvalue weighted by Gasteiger charge is -2.14. The van der Waals surface area contributed by atoms with E-state index >= 15 is 0 Å². The van der Waals surface area contributed by atoms with Crippen molar-refractivity contribution in [2.24, 2.45) is 4.99 Å². The Morgan fingerprint density at radius 2 is 2.05 bits per heavy atom. The molecule has 0 heterocycles. The van der Waals surface area contributed by atoms with Gasteiger partial charge in [0, 0.05) is 31.8 Å². The van der Waals surface area contributed by atoms with E-state index in [0.29, 0.717) is 6.54 Å². The van der Waals surface area contributed by atoms with Crippen molar-refractivity contribution in [3.63, 3.8) is 0 Å². The van der Waals surface area contributed by atoms with Gasteiger partial charge in [-0.2, -0.15) is 0 Å². The highest BCUT2D eigenvalue weighted by atomic mass is 16.5. The topological polar surface area (TPSA) is 54.9 Å². The minimum atomic E-state index is 0.635. The quantitative estimate of drug-likeness (QED) is 0.350. The molecule has 0 radical (unpaired) electrons. The van der Waals surface area contributed by atoms with Gasteiger partial charge in [-0.05, 0) is 25.5 Å². The Labute approximate surface area is 127 Å². The Hall–Kier alpha value is -2.17. The highest BCUT2D eigenvalue weighted by Crippen LogP contribution is 2.24. The zero-order valence-electron chi connectivity index (χ0n) is 13.3. The molecule has 0 aliphatic carbocycles. The van der Waals surface area contributed by atoms with Gasteiger partial charge in [0.05, 0.1) is 14.2 Å². The summed E-state index contributed by atoms with van der Waals surface area (Å²) in [6.07, 6.45) is 5.13. The highest BCUT2D eigenvalue weighted by Gasteiger charge is 2.05. The molecule has 0 spiro atoms. The summed E-state index contributed by atoms with van der Waals surface area (Å²) in [6, 6.07) is 5.78. The van der Waals surface area contributed by atoms with Gasteiger partial charge in [-0.15, -0.1) is 0 Å². The number of hydrogen-bond acceptors (Lipinski definition) is 3. The normalized spacial score (nSPS) is 11.5. The van der Waals surface area contributed by atoms with E-state index in [1.165, 1.54) is 0 Å². The molecule has 0 aliphatic rings. The second kappa shape index (κ2) is 9.69. The summed E-state index contributed by atoms with van der Waals surface area (Å²) in [4.78, 5) is 4.19. The number of nitrogens with one attached hydrogen (secondary N) is 2. The number of nitrogens with zero attached hydrogens (tertiary/aromatic N) is 1. The maximum absolute atomic E-state index is 5.38. The van der Waals surface area contributed by atoms with Crippen LogP contribution in [0.5, 0.6) is 11.5 Å². The molecule has 0 saturated carbocycles. The van der Waals surface area contributed by atoms with Crippen LogP contribution in [0, 0.1) is 0 Å². The number of aliphatic imine (C=N–C) groups is 1. The van der Waals surface area contributed by atoms with Crippen molar-refractivity contribution in [1.29, 1.82) is 0 Å². The molecule has 116 valence electrons. The van der Waals surface area contributed by atoms with E-state index < -0.39 is 0 Å². The van der Waals surface area contributed by atoms with E-state index in [0.717, 1.165) is 36.0 Å². The van der Waals surface area contributed by atoms with E-state index in [1.54, 1.807) is 21.3 Å². The van der Waals surface area contributed by atoms with E-state index in [9.17, 15) is 0 Å². The van der Waals surface area contributed by atoms with Gasteiger partial charge in [0.1, 0.15) is 11.5 Å². The highest BCUT2D eigenvalue weighted by molar-refractivity contribution is 5.79. The number of methoxy groups -OCH3 is 2. The lowest BCUT2D eigenvalue weighted by molar-refractivity contribution is 0.390. The zero-order valence-corrected chi connectivity index (χ0v) is 13.3. The largest absolute Gasteiger partial charge is 0.497 e. The molecule has 0 saturated heterocycles. The van der Waals surface area contributed by atoms with Crippen LogP contribution in [0.15, 0.2) is 35.3 Å². The molecule has 21 heavy (non-hydrogen) atoms. The van der Waals surface area contributed by atoms with Crippen molar-refractivity contribution in [2.45, 2.75) is 19.9 Å². The molecular formula is C16H25N3O2. The first-order chi connectivity index (χ1) is 10.2. The second-order valence-corrected chi connectivity index (χ2v) is 4.39. The van der Waals surface area contributed by atoms with Crippen LogP contribution in [0.1, 0.15) is 18.9 Å². The number of guanidine groups is 1. The lowest BCUT2D eigenvalue weighted by Crippen LogP contribution is -2.37. The molecule has 0 aromatic heterocycles. The fraction of sp³-hybridized carbons (Fsp3) is 0.438. The fourth-order valence-electron chi connectivity index (χ4n) is 1.84. The summed E-state index contributed by atoms with van der Waals surface area (Å²) in [6.45, 7) is 3.50. The van der Waals surface area contributed by atoms with Crippen molar-refractivity contribution in [3.8, 4) is 11.5 Å². The number of ether oxygens (including phenoxy) is 2. The summed E-state index contributed by atoms with van der Waals surface area (Å²) in [7, 11) is 5.06. The van der Waals surface area contributed by atoms with Crippen LogP contribution in [0.2, 0.25) is 0 Å². The molecule has 0 amide bonds. The molecule has 0 unspecified atom stereocenters. The van der Waals surface area contributed by atoms with Crippen molar-refractivity contribution in [1.82, 2.24) is 10.6 Å². The molecule has 5 nitrogen and oxygen atoms in total. The van der Waals surface area contributed by atoms with Gasteiger partial charge in [-0.3, -0.25) is 4.99 Å². The Morgan fingerprint density at radius 1 is 1.24 bits per heavy atom. The van der Waals surface area contributed by atoms with Crippen molar-refractivity contribution < 1.29 is 9.47 Å². The van der Waals surface area contributed by atoms with E-state index in [4.69, 9.17) is 9.47 Å². The Kier molecular flexibility index (Phi) is 7.79. The molecule has 5 heteroatoms. The molecule has 1 aromatic rings. The smallest absolute Gasteiger partial charge is 0.191 e. The van der Waals surface area contributed by atoms with E-state index in [-0.39, 0.29) is 0 Å². The monoisotopic (exact) mass is 291 g/mol. The van der Waals surface area contributed by atoms with Crippen LogP contribution in [-0.2, 0) is 6.54 Å². The summed E-state index contributed by atoms with van der Waals surface area (Å²) in [5, 5.41) is 6.53. The molecule has 0 bridgehead atoms. The van der Waals surface area contributed by atoms with Gasteiger partial charge in [0.2, 0.25) is 0 Å². The first kappa shape index (κ1) is 16.9. The number of allylic oxidation sites excluding steroid dienone is 1. The molecule has 0 aliphatic heterocycles. The van der Waals surface area contributed by atoms with Crippen molar-refractivity contribution in [3.05, 3.63) is 35.9 Å². The lowest BCUT2D eigenvalue weighted by atomic mass is 10.2. The summed E-state index contributed by atoms with van der Waals surface area (Å²) in [5.74, 6) is 2.35. The van der Waals surface area contributed by atoms with Gasteiger partial charge < -0.3 is 20.1 Å². The predicted molar refractivity (Wildman–Crippen MR) is 87.2 cm³/mol. The van der Waals surface area contributed by atoms with Crippen molar-refractivity contribution >= 4 is 5.96 Å². The van der Waals surface area contributed by atoms with Gasteiger partial charge in [0.15, 0.2) is 5.96 Å². The molecule has 0 atom stereocenters. The standard InChI is InChI=1S/C16H25N3O2/c1-5-6-7-10-18-16(17-2)19-12-13-8-9-14(20-3)11-15(13)21-4/h5-6,8-9,11H,7,10,12H2,1-4H3,(H2,17,18,19). The molecular weight excluding hydrogens is 266 g/mol. The molecule has 1 aromatic carbocycles. The van der Waals surface area contributed by atoms with Crippen molar-refractivity contribution in [2.75, 3.05) is 27.8 Å². The SMILES string of the molecule is CC=CCCNC(=NC)NCc1ccc(OC)cc1OC. The second-order valence-electron chi connectivity index (χ2n) is 4.39. The molecule has 1 rings (SSSR count). The zero-order chi connectivity index (χ0) is 15.5. The average Bonchev–Trinajstić information content (AvgIpc) is 2.54. The van der Waals surface area contributed by atoms with Gasteiger partial charge in [0.25, 0.3) is 0 Å². The third-order valence-corrected chi connectivity index (χ3v) is 3.00. The first-order valence-electron chi connectivity index (χ1n) is 7.01. The maximum Gasteiger partial charge on any atom is 0.191 e. The van der Waals surface area contributed by atoms with Crippen LogP contribution >= 0.6 is 0 Å². The van der Waals surface area contributed by atoms with Crippen LogP contribution < -0.4 is 20.1 Å². The van der Waals surface area contributed by atoms with Crippen LogP contribution in [-0.4, -0.2) is 33.8 Å². The van der Waals surface area contributed by atoms with Crippen LogP contribution in [0.4, 0.5) is 0 Å². The Bertz CT molecular complexity index is 484. The summed E-state index contributed by atoms with van der Waals surface area (Å²) >= 11 is 0. The number of benzene rings is 1. The Balaban J connectivity index is 2.56. The minimum Gasteiger partial charge on any atom is -0.497 e. The van der Waals surface area contributed by atoms with E-state index in [2.05, 4.69) is 21.7 Å². The van der Waals surface area contributed by atoms with Gasteiger partial charge in [-0.1, -0.05) is 12.2 Å². The maximum atomic E-state index is 5.38. The third kappa shape index (κ3) is 5.77. The summed E-state index contributed by atoms with van der Waals surface area (Å²) in [5.41, 5.74) is 1.05. The number of hydrogen-bond donors (Lipinski definition) is 2. The van der Waals surface area contributed by atoms with Gasteiger partial charge in [-0.25, -0.2) is 0 Å².